The van der Waals surface area contributed by atoms with Crippen LogP contribution in [0.3, 0.4) is 0 Å². The summed E-state index contributed by atoms with van der Waals surface area (Å²) in [6, 6.07) is 0. The van der Waals surface area contributed by atoms with Gasteiger partial charge in [-0.15, -0.1) is 0 Å². The second kappa shape index (κ2) is 8.55. The molecule has 0 radical (unpaired) electrons. The largest absolute Gasteiger partial charge is 0.444 e. The highest BCUT2D eigenvalue weighted by Gasteiger charge is 2.21. The van der Waals surface area contributed by atoms with Gasteiger partial charge in [0.05, 0.1) is 0 Å². The van der Waals surface area contributed by atoms with E-state index in [1.54, 1.807) is 30.6 Å². The molecule has 0 aromatic rings. The SMILES string of the molecule is C=CC(=O)N1CCCN(C(=O)CCNC(=O)OC(C)(C)C)CC1. The number of nitrogens with zero attached hydrogens (tertiary/aromatic N) is 2. The van der Waals surface area contributed by atoms with Gasteiger partial charge in [-0.05, 0) is 33.3 Å². The zero-order valence-electron chi connectivity index (χ0n) is 14.3. The van der Waals surface area contributed by atoms with E-state index in [-0.39, 0.29) is 24.8 Å². The predicted octanol–water partition coefficient (Wildman–Crippen LogP) is 1.15. The maximum atomic E-state index is 12.2. The zero-order chi connectivity index (χ0) is 17.5. The van der Waals surface area contributed by atoms with E-state index in [1.807, 2.05) is 0 Å². The lowest BCUT2D eigenvalue weighted by Gasteiger charge is -2.22. The summed E-state index contributed by atoms with van der Waals surface area (Å²) in [5.41, 5.74) is -0.556. The summed E-state index contributed by atoms with van der Waals surface area (Å²) >= 11 is 0. The summed E-state index contributed by atoms with van der Waals surface area (Å²) in [5.74, 6) is -0.139. The number of hydrogen-bond acceptors (Lipinski definition) is 4. The van der Waals surface area contributed by atoms with Gasteiger partial charge in [0.25, 0.3) is 0 Å². The Balaban J connectivity index is 2.34. The second-order valence-electron chi connectivity index (χ2n) is 6.44. The van der Waals surface area contributed by atoms with Gasteiger partial charge < -0.3 is 19.9 Å². The van der Waals surface area contributed by atoms with Crippen LogP contribution in [0.15, 0.2) is 12.7 Å². The van der Waals surface area contributed by atoms with Gasteiger partial charge >= 0.3 is 6.09 Å². The first-order valence-corrected chi connectivity index (χ1v) is 7.89. The lowest BCUT2D eigenvalue weighted by atomic mass is 10.2. The first-order valence-electron chi connectivity index (χ1n) is 7.89. The van der Waals surface area contributed by atoms with Gasteiger partial charge in [0, 0.05) is 39.1 Å². The van der Waals surface area contributed by atoms with Crippen LogP contribution in [-0.2, 0) is 14.3 Å². The van der Waals surface area contributed by atoms with E-state index in [4.69, 9.17) is 4.74 Å². The van der Waals surface area contributed by atoms with Gasteiger partial charge in [0.2, 0.25) is 11.8 Å². The zero-order valence-corrected chi connectivity index (χ0v) is 14.3. The number of carbonyl (C=O) groups is 3. The van der Waals surface area contributed by atoms with E-state index in [9.17, 15) is 14.4 Å². The monoisotopic (exact) mass is 325 g/mol. The second-order valence-corrected chi connectivity index (χ2v) is 6.44. The van der Waals surface area contributed by atoms with Crippen LogP contribution in [-0.4, -0.2) is 66.0 Å². The average Bonchev–Trinajstić information content (AvgIpc) is 2.70. The standard InChI is InChI=1S/C16H27N3O4/c1-5-13(20)18-9-6-10-19(12-11-18)14(21)7-8-17-15(22)23-16(2,3)4/h5H,1,6-12H2,2-4H3,(H,17,22). The lowest BCUT2D eigenvalue weighted by Crippen LogP contribution is -2.39. The summed E-state index contributed by atoms with van der Waals surface area (Å²) in [7, 11) is 0. The topological polar surface area (TPSA) is 79.0 Å². The summed E-state index contributed by atoms with van der Waals surface area (Å²) in [6.07, 6.45) is 1.73. The fourth-order valence-electron chi connectivity index (χ4n) is 2.26. The van der Waals surface area contributed by atoms with Gasteiger partial charge in [-0.2, -0.15) is 0 Å². The highest BCUT2D eigenvalue weighted by molar-refractivity contribution is 5.87. The van der Waals surface area contributed by atoms with Crippen molar-refractivity contribution in [2.75, 3.05) is 32.7 Å². The third-order valence-electron chi connectivity index (χ3n) is 3.34. The fraction of sp³-hybridized carbons (Fsp3) is 0.688. The third-order valence-corrected chi connectivity index (χ3v) is 3.34. The maximum Gasteiger partial charge on any atom is 0.407 e. The quantitative estimate of drug-likeness (QED) is 0.786. The summed E-state index contributed by atoms with van der Waals surface area (Å²) in [6.45, 7) is 11.3. The minimum Gasteiger partial charge on any atom is -0.444 e. The minimum absolute atomic E-state index is 0.0334. The van der Waals surface area contributed by atoms with Crippen molar-refractivity contribution >= 4 is 17.9 Å². The molecule has 1 aliphatic rings. The highest BCUT2D eigenvalue weighted by Crippen LogP contribution is 2.07. The van der Waals surface area contributed by atoms with Gasteiger partial charge in [-0.25, -0.2) is 4.79 Å². The van der Waals surface area contributed by atoms with Gasteiger partial charge in [-0.1, -0.05) is 6.58 Å². The summed E-state index contributed by atoms with van der Waals surface area (Å²) < 4.78 is 5.11. The molecule has 1 N–H and O–H groups in total. The number of ether oxygens (including phenoxy) is 1. The minimum atomic E-state index is -0.556. The van der Waals surface area contributed by atoms with Crippen molar-refractivity contribution in [3.63, 3.8) is 0 Å². The van der Waals surface area contributed by atoms with Crippen molar-refractivity contribution < 1.29 is 19.1 Å². The van der Waals surface area contributed by atoms with Crippen LogP contribution in [0.5, 0.6) is 0 Å². The van der Waals surface area contributed by atoms with Gasteiger partial charge in [-0.3, -0.25) is 9.59 Å². The molecular weight excluding hydrogens is 298 g/mol. The Bertz CT molecular complexity index is 457. The molecule has 0 saturated carbocycles. The molecule has 1 heterocycles. The normalized spacial score (nSPS) is 15.6. The van der Waals surface area contributed by atoms with Crippen LogP contribution in [0, 0.1) is 0 Å². The molecule has 7 nitrogen and oxygen atoms in total. The molecule has 1 aliphatic heterocycles. The van der Waals surface area contributed by atoms with Crippen LogP contribution < -0.4 is 5.32 Å². The maximum absolute atomic E-state index is 12.2. The molecule has 0 unspecified atom stereocenters. The van der Waals surface area contributed by atoms with Crippen molar-refractivity contribution in [3.05, 3.63) is 12.7 Å². The molecule has 130 valence electrons. The van der Waals surface area contributed by atoms with E-state index >= 15 is 0 Å². The molecule has 0 atom stereocenters. The van der Waals surface area contributed by atoms with Crippen molar-refractivity contribution in [2.24, 2.45) is 0 Å². The first-order chi connectivity index (χ1) is 10.7. The Labute approximate surface area is 137 Å². The number of alkyl carbamates (subject to hydrolysis) is 1. The molecule has 7 heteroatoms. The third kappa shape index (κ3) is 7.17. The smallest absolute Gasteiger partial charge is 0.407 e. The Morgan fingerprint density at radius 1 is 1.13 bits per heavy atom. The number of rotatable bonds is 4. The van der Waals surface area contributed by atoms with Gasteiger partial charge in [0.15, 0.2) is 0 Å². The number of nitrogens with one attached hydrogen (secondary N) is 1. The molecule has 23 heavy (non-hydrogen) atoms. The number of amides is 3. The van der Waals surface area contributed by atoms with Crippen molar-refractivity contribution in [2.45, 2.75) is 39.2 Å². The number of carbonyl (C=O) groups excluding carboxylic acids is 3. The molecule has 0 spiro atoms. The van der Waals surface area contributed by atoms with E-state index in [0.29, 0.717) is 26.2 Å². The van der Waals surface area contributed by atoms with Crippen molar-refractivity contribution in [3.8, 4) is 0 Å². The summed E-state index contributed by atoms with van der Waals surface area (Å²) in [5, 5.41) is 2.57. The first kappa shape index (κ1) is 19.0. The lowest BCUT2D eigenvalue weighted by molar-refractivity contribution is -0.131. The molecule has 0 bridgehead atoms. The average molecular weight is 325 g/mol. The Hall–Kier alpha value is -2.05. The van der Waals surface area contributed by atoms with E-state index in [1.165, 1.54) is 6.08 Å². The Morgan fingerprint density at radius 3 is 2.35 bits per heavy atom. The predicted molar refractivity (Wildman–Crippen MR) is 86.8 cm³/mol. The molecule has 1 fully saturated rings. The van der Waals surface area contributed by atoms with Crippen LogP contribution in [0.2, 0.25) is 0 Å². The van der Waals surface area contributed by atoms with E-state index < -0.39 is 11.7 Å². The molecular formula is C16H27N3O4. The Kier molecular flexibility index (Phi) is 7.06. The highest BCUT2D eigenvalue weighted by atomic mass is 16.6. The molecule has 3 amide bonds. The molecule has 0 aromatic heterocycles. The molecule has 1 saturated heterocycles. The fourth-order valence-corrected chi connectivity index (χ4v) is 2.26. The molecule has 0 aliphatic carbocycles. The van der Waals surface area contributed by atoms with Crippen LogP contribution in [0.4, 0.5) is 4.79 Å². The van der Waals surface area contributed by atoms with Crippen molar-refractivity contribution in [1.82, 2.24) is 15.1 Å². The molecule has 0 aromatic carbocycles. The van der Waals surface area contributed by atoms with Crippen LogP contribution >= 0.6 is 0 Å². The van der Waals surface area contributed by atoms with Gasteiger partial charge in [0.1, 0.15) is 5.60 Å². The number of hydrogen-bond donors (Lipinski definition) is 1. The van der Waals surface area contributed by atoms with Crippen LogP contribution in [0.25, 0.3) is 0 Å². The van der Waals surface area contributed by atoms with Crippen LogP contribution in [0.1, 0.15) is 33.6 Å². The Morgan fingerprint density at radius 2 is 1.74 bits per heavy atom. The van der Waals surface area contributed by atoms with E-state index in [2.05, 4.69) is 11.9 Å². The van der Waals surface area contributed by atoms with Crippen molar-refractivity contribution in [1.29, 1.82) is 0 Å². The van der Waals surface area contributed by atoms with E-state index in [0.717, 1.165) is 6.42 Å². The summed E-state index contributed by atoms with van der Waals surface area (Å²) in [4.78, 5) is 38.7. The molecule has 1 rings (SSSR count).